The molecule has 0 aromatic heterocycles. The smallest absolute Gasteiger partial charge is 0.327 e. The first-order chi connectivity index (χ1) is 9.08. The summed E-state index contributed by atoms with van der Waals surface area (Å²) in [4.78, 5) is 37.1. The van der Waals surface area contributed by atoms with Crippen molar-refractivity contribution in [2.24, 2.45) is 0 Å². The van der Waals surface area contributed by atoms with Crippen molar-refractivity contribution >= 4 is 23.9 Å². The van der Waals surface area contributed by atoms with Crippen molar-refractivity contribution in [2.75, 3.05) is 0 Å². The Labute approximate surface area is 141 Å². The first-order valence-electron chi connectivity index (χ1n) is 4.66. The monoisotopic (exact) mass is 379 g/mol. The molecule has 0 saturated carbocycles. The van der Waals surface area contributed by atoms with Crippen LogP contribution in [-0.2, 0) is 45.4 Å². The van der Waals surface area contributed by atoms with Crippen LogP contribution in [0, 0.1) is 6.92 Å². The molecule has 0 amide bonds. The Kier molecular flexibility index (Phi) is 39.7. The first-order valence-corrected chi connectivity index (χ1v) is 4.66. The maximum atomic E-state index is 9.31. The number of aliphatic carboxylic acids is 4. The Hall–Kier alpha value is -2.02. The summed E-state index contributed by atoms with van der Waals surface area (Å²) in [5.41, 5.74) is 0. The molecule has 0 saturated heterocycles. The fourth-order valence-electron chi connectivity index (χ4n) is 0. The van der Waals surface area contributed by atoms with E-state index >= 15 is 0 Å². The number of hydrogen-bond acceptors (Lipinski definition) is 4. The molecule has 118 valence electrons. The number of carboxylic acid groups (broad SMARTS) is 4. The standard InChI is InChI=1S/C3H5O2.3C3H4O2.Zr/c4*1-2-3(4)5;/h1-2H2,(H,4,5);3*2H,1H2,(H,4,5);/q-1;;;;. The Morgan fingerprint density at radius 1 is 0.762 bits per heavy atom. The third kappa shape index (κ3) is 128. The largest absolute Gasteiger partial charge is 0.483 e. The van der Waals surface area contributed by atoms with Gasteiger partial charge in [0.05, 0.1) is 0 Å². The summed E-state index contributed by atoms with van der Waals surface area (Å²) in [6.07, 6.45) is 2.47. The number of carboxylic acids is 4. The average molecular weight is 380 g/mol. The second-order valence-electron chi connectivity index (χ2n) is 2.27. The zero-order chi connectivity index (χ0) is 17.1. The minimum atomic E-state index is -0.981. The summed E-state index contributed by atoms with van der Waals surface area (Å²) < 4.78 is 0. The molecule has 0 rings (SSSR count). The first kappa shape index (κ1) is 31.4. The van der Waals surface area contributed by atoms with Crippen LogP contribution in [0.5, 0.6) is 0 Å². The molecule has 0 bridgehead atoms. The van der Waals surface area contributed by atoms with E-state index in [0.717, 1.165) is 18.2 Å². The van der Waals surface area contributed by atoms with Crippen LogP contribution < -0.4 is 0 Å². The van der Waals surface area contributed by atoms with Gasteiger partial charge in [0, 0.05) is 44.4 Å². The van der Waals surface area contributed by atoms with E-state index in [4.69, 9.17) is 20.4 Å². The van der Waals surface area contributed by atoms with Crippen molar-refractivity contribution < 1.29 is 65.8 Å². The molecular formula is C12H17O8Zr-. The SMILES string of the molecule is C=CC(=O)O.C=CC(=O)O.C=CC(=O)O.[CH2-]CC(=O)O.[Zr]. The van der Waals surface area contributed by atoms with Gasteiger partial charge in [-0.1, -0.05) is 26.2 Å². The summed E-state index contributed by atoms with van der Waals surface area (Å²) in [5.74, 6) is -3.80. The van der Waals surface area contributed by atoms with Gasteiger partial charge in [-0.2, -0.15) is 0 Å². The van der Waals surface area contributed by atoms with E-state index in [9.17, 15) is 19.2 Å². The molecule has 0 fully saturated rings. The van der Waals surface area contributed by atoms with Gasteiger partial charge < -0.3 is 27.3 Å². The van der Waals surface area contributed by atoms with E-state index in [2.05, 4.69) is 26.7 Å². The Morgan fingerprint density at radius 3 is 0.857 bits per heavy atom. The third-order valence-electron chi connectivity index (χ3n) is 0.738. The molecule has 8 nitrogen and oxygen atoms in total. The summed E-state index contributed by atoms with van der Waals surface area (Å²) in [6, 6.07) is 0. The summed E-state index contributed by atoms with van der Waals surface area (Å²) in [7, 11) is 0. The van der Waals surface area contributed by atoms with Crippen LogP contribution in [0.15, 0.2) is 38.0 Å². The molecule has 0 heterocycles. The normalized spacial score (nSPS) is 6.33. The molecule has 9 heteroatoms. The molecule has 4 N–H and O–H groups in total. The van der Waals surface area contributed by atoms with Crippen LogP contribution >= 0.6 is 0 Å². The molecule has 0 unspecified atom stereocenters. The van der Waals surface area contributed by atoms with Crippen molar-refractivity contribution in [3.05, 3.63) is 44.9 Å². The van der Waals surface area contributed by atoms with E-state index in [-0.39, 0.29) is 32.6 Å². The summed E-state index contributed by atoms with van der Waals surface area (Å²) >= 11 is 0. The van der Waals surface area contributed by atoms with Gasteiger partial charge in [-0.3, -0.25) is 4.79 Å². The van der Waals surface area contributed by atoms with E-state index in [1.165, 1.54) is 0 Å². The third-order valence-corrected chi connectivity index (χ3v) is 0.738. The maximum Gasteiger partial charge on any atom is 0.327 e. The van der Waals surface area contributed by atoms with Gasteiger partial charge in [-0.25, -0.2) is 14.4 Å². The molecule has 0 aliphatic rings. The Bertz CT molecular complexity index is 306. The quantitative estimate of drug-likeness (QED) is 0.418. The van der Waals surface area contributed by atoms with Crippen LogP contribution in [0.2, 0.25) is 0 Å². The number of hydrogen-bond donors (Lipinski definition) is 4. The molecule has 0 aliphatic carbocycles. The van der Waals surface area contributed by atoms with Crippen molar-refractivity contribution in [3.63, 3.8) is 0 Å². The van der Waals surface area contributed by atoms with Crippen molar-refractivity contribution in [1.29, 1.82) is 0 Å². The fraction of sp³-hybridized carbons (Fsp3) is 0.0833. The molecule has 0 aromatic carbocycles. The second-order valence-corrected chi connectivity index (χ2v) is 2.27. The molecule has 0 spiro atoms. The van der Waals surface area contributed by atoms with Gasteiger partial charge >= 0.3 is 17.9 Å². The second kappa shape index (κ2) is 26.5. The van der Waals surface area contributed by atoms with E-state index in [1.54, 1.807) is 0 Å². The minimum Gasteiger partial charge on any atom is -0.483 e. The molecule has 0 atom stereocenters. The van der Waals surface area contributed by atoms with Gasteiger partial charge in [0.2, 0.25) is 0 Å². The number of carbonyl (C=O) groups is 4. The van der Waals surface area contributed by atoms with E-state index in [0.29, 0.717) is 0 Å². The van der Waals surface area contributed by atoms with Crippen molar-refractivity contribution in [3.8, 4) is 0 Å². The van der Waals surface area contributed by atoms with Gasteiger partial charge in [0.15, 0.2) is 0 Å². The van der Waals surface area contributed by atoms with Gasteiger partial charge in [-0.15, -0.1) is 0 Å². The maximum absolute atomic E-state index is 9.31. The van der Waals surface area contributed by atoms with Crippen LogP contribution in [0.1, 0.15) is 6.42 Å². The predicted octanol–water partition coefficient (Wildman–Crippen LogP) is 1.06. The molecule has 0 aliphatic heterocycles. The van der Waals surface area contributed by atoms with Crippen molar-refractivity contribution in [1.82, 2.24) is 0 Å². The Balaban J connectivity index is -0.0000000533. The van der Waals surface area contributed by atoms with Gasteiger partial charge in [-0.05, 0) is 0 Å². The number of rotatable bonds is 4. The molecular weight excluding hydrogens is 363 g/mol. The van der Waals surface area contributed by atoms with Crippen LogP contribution in [0.3, 0.4) is 0 Å². The molecule has 0 aromatic rings. The predicted molar refractivity (Wildman–Crippen MR) is 71.1 cm³/mol. The minimum absolute atomic E-state index is 0. The van der Waals surface area contributed by atoms with E-state index < -0.39 is 23.9 Å². The topological polar surface area (TPSA) is 149 Å². The Morgan fingerprint density at radius 2 is 0.857 bits per heavy atom. The van der Waals surface area contributed by atoms with Crippen LogP contribution in [0.4, 0.5) is 0 Å². The molecule has 0 radical (unpaired) electrons. The van der Waals surface area contributed by atoms with Crippen molar-refractivity contribution in [2.45, 2.75) is 6.42 Å². The van der Waals surface area contributed by atoms with Crippen LogP contribution in [0.25, 0.3) is 0 Å². The summed E-state index contributed by atoms with van der Waals surface area (Å²) in [6.45, 7) is 12.0. The zero-order valence-corrected chi connectivity index (χ0v) is 13.6. The van der Waals surface area contributed by atoms with Crippen LogP contribution in [-0.4, -0.2) is 44.3 Å². The summed E-state index contributed by atoms with van der Waals surface area (Å²) in [5, 5.41) is 30.5. The van der Waals surface area contributed by atoms with Gasteiger partial charge in [0.1, 0.15) is 0 Å². The van der Waals surface area contributed by atoms with Gasteiger partial charge in [0.25, 0.3) is 5.97 Å². The molecule has 21 heavy (non-hydrogen) atoms. The zero-order valence-electron chi connectivity index (χ0n) is 11.2. The van der Waals surface area contributed by atoms with E-state index in [1.807, 2.05) is 0 Å². The average Bonchev–Trinajstić information content (AvgIpc) is 2.40. The fourth-order valence-corrected chi connectivity index (χ4v) is 0.